The Morgan fingerprint density at radius 3 is 2.52 bits per heavy atom. The van der Waals surface area contributed by atoms with E-state index < -0.39 is 26.3 Å². The molecule has 2 aromatic carbocycles. The highest BCUT2D eigenvalue weighted by Gasteiger charge is 2.26. The monoisotopic (exact) mass is 415 g/mol. The third-order valence-electron chi connectivity index (χ3n) is 3.98. The lowest BCUT2D eigenvalue weighted by molar-refractivity contribution is 0.326. The van der Waals surface area contributed by atoms with Crippen LogP contribution in [0.25, 0.3) is 0 Å². The summed E-state index contributed by atoms with van der Waals surface area (Å²) < 4.78 is 22.5. The molecule has 0 aliphatic carbocycles. The Hall–Kier alpha value is -2.10. The molecule has 0 radical (unpaired) electrons. The Morgan fingerprint density at radius 1 is 1.33 bits per heavy atom. The van der Waals surface area contributed by atoms with Gasteiger partial charge in [-0.15, -0.1) is 0 Å². The summed E-state index contributed by atoms with van der Waals surface area (Å²) in [5.41, 5.74) is -1.48. The van der Waals surface area contributed by atoms with Crippen molar-refractivity contribution in [3.8, 4) is 11.5 Å². The van der Waals surface area contributed by atoms with Crippen LogP contribution in [0.4, 0.5) is 11.4 Å². The molecule has 27 heavy (non-hydrogen) atoms. The van der Waals surface area contributed by atoms with Gasteiger partial charge in [0.1, 0.15) is 16.7 Å². The first-order chi connectivity index (χ1) is 12.5. The number of rotatable bonds is 7. The number of hydrogen-bond acceptors (Lipinski definition) is 8. The molecule has 2 aromatic rings. The summed E-state index contributed by atoms with van der Waals surface area (Å²) in [6.45, 7) is 3.65. The smallest absolute Gasteiger partial charge is 0.272 e. The minimum atomic E-state index is -3.05. The largest absolute Gasteiger partial charge is 0.504 e. The molecule has 0 aromatic heterocycles. The summed E-state index contributed by atoms with van der Waals surface area (Å²) in [6.07, 6.45) is 0.994. The number of halogens is 1. The minimum Gasteiger partial charge on any atom is -0.504 e. The summed E-state index contributed by atoms with van der Waals surface area (Å²) in [7, 11) is 0.515. The number of phenolic OH excluding ortho intramolecular Hbond substituents is 1. The molecule has 2 unspecified atom stereocenters. The number of anilines is 2. The third-order valence-corrected chi connectivity index (χ3v) is 6.28. The van der Waals surface area contributed by atoms with Gasteiger partial charge in [-0.2, -0.15) is 0 Å². The Balaban J connectivity index is 2.54. The zero-order valence-corrected chi connectivity index (χ0v) is 17.3. The lowest BCUT2D eigenvalue weighted by Crippen LogP contribution is -2.35. The van der Waals surface area contributed by atoms with Crippen molar-refractivity contribution >= 4 is 32.7 Å². The van der Waals surface area contributed by atoms with Crippen molar-refractivity contribution in [2.45, 2.75) is 24.9 Å². The Morgan fingerprint density at radius 2 is 1.96 bits per heavy atom. The quantitative estimate of drug-likeness (QED) is 0.526. The predicted molar refractivity (Wildman–Crippen MR) is 107 cm³/mol. The molecule has 0 heterocycles. The molecule has 0 fully saturated rings. The summed E-state index contributed by atoms with van der Waals surface area (Å²) >= 11 is 6.17. The van der Waals surface area contributed by atoms with Crippen molar-refractivity contribution in [1.29, 1.82) is 0 Å². The lowest BCUT2D eigenvalue weighted by Gasteiger charge is -2.19. The summed E-state index contributed by atoms with van der Waals surface area (Å²) in [6, 6.07) is 2.85. The van der Waals surface area contributed by atoms with Gasteiger partial charge in [0.25, 0.3) is 10.9 Å². The van der Waals surface area contributed by atoms with Crippen molar-refractivity contribution in [1.82, 2.24) is 4.90 Å². The Labute approximate surface area is 162 Å². The molecule has 0 amide bonds. The second-order valence-electron chi connectivity index (χ2n) is 6.20. The molecule has 0 saturated carbocycles. The van der Waals surface area contributed by atoms with Gasteiger partial charge in [0, 0.05) is 6.26 Å². The van der Waals surface area contributed by atoms with Crippen LogP contribution in [0.3, 0.4) is 0 Å². The normalized spacial score (nSPS) is 14.8. The van der Waals surface area contributed by atoms with Gasteiger partial charge in [-0.05, 0) is 40.1 Å². The molecule has 0 aliphatic rings. The predicted octanol–water partition coefficient (Wildman–Crippen LogP) is 2.15. The van der Waals surface area contributed by atoms with Crippen LogP contribution in [0.15, 0.2) is 31.0 Å². The van der Waals surface area contributed by atoms with E-state index in [0.29, 0.717) is 0 Å². The van der Waals surface area contributed by atoms with E-state index >= 15 is 0 Å². The zero-order chi connectivity index (χ0) is 20.5. The number of nitrogens with one attached hydrogen (secondary N) is 1. The molecule has 8 nitrogen and oxygen atoms in total. The van der Waals surface area contributed by atoms with Crippen molar-refractivity contribution in [2.24, 2.45) is 4.36 Å². The standard InChI is InChI=1S/C17H22ClN3O5S/c1-6-26-16-12(14(23)15(16)24)19-11-8-7-10(18)17(13(11)22)27(5,25)20-9(2)21(3)4/h7-9,19,22H,6H2,1-5H3. The molecule has 0 bridgehead atoms. The van der Waals surface area contributed by atoms with Gasteiger partial charge >= 0.3 is 0 Å². The molecule has 2 rings (SSSR count). The number of ether oxygens (including phenoxy) is 1. The maximum atomic E-state index is 13.1. The van der Waals surface area contributed by atoms with Crippen LogP contribution >= 0.6 is 11.6 Å². The fourth-order valence-electron chi connectivity index (χ4n) is 2.35. The van der Waals surface area contributed by atoms with E-state index in [0.717, 1.165) is 0 Å². The van der Waals surface area contributed by atoms with Crippen LogP contribution < -0.4 is 20.9 Å². The molecular formula is C17H22ClN3O5S. The number of benzene rings is 1. The van der Waals surface area contributed by atoms with Crippen molar-refractivity contribution in [2.75, 3.05) is 32.3 Å². The van der Waals surface area contributed by atoms with Gasteiger partial charge < -0.3 is 15.2 Å². The highest BCUT2D eigenvalue weighted by molar-refractivity contribution is 7.93. The fraction of sp³-hybridized carbons (Fsp3) is 0.412. The summed E-state index contributed by atoms with van der Waals surface area (Å²) in [5.74, 6) is -0.498. The van der Waals surface area contributed by atoms with Crippen LogP contribution in [0, 0.1) is 0 Å². The van der Waals surface area contributed by atoms with Gasteiger partial charge in [0.15, 0.2) is 11.5 Å². The molecule has 148 valence electrons. The number of hydrogen-bond donors (Lipinski definition) is 2. The SMILES string of the molecule is CCOc1c(Nc2ccc(Cl)c(S(C)(=O)=NC(C)N(C)C)c2O)c(=O)c1=O. The van der Waals surface area contributed by atoms with Crippen molar-refractivity contribution < 1.29 is 14.1 Å². The van der Waals surface area contributed by atoms with Gasteiger partial charge in [0.05, 0.1) is 27.0 Å². The molecule has 2 N–H and O–H groups in total. The number of nitrogens with zero attached hydrogens (tertiary/aromatic N) is 2. The third kappa shape index (κ3) is 4.10. The average Bonchev–Trinajstić information content (AvgIpc) is 2.58. The summed E-state index contributed by atoms with van der Waals surface area (Å²) in [4.78, 5) is 25.1. The maximum absolute atomic E-state index is 13.1. The zero-order valence-electron chi connectivity index (χ0n) is 15.7. The average molecular weight is 416 g/mol. The van der Waals surface area contributed by atoms with Gasteiger partial charge in [0.2, 0.25) is 0 Å². The first-order valence-corrected chi connectivity index (χ1v) is 10.4. The van der Waals surface area contributed by atoms with E-state index in [1.165, 1.54) is 18.4 Å². The number of aromatic hydroxyl groups is 1. The minimum absolute atomic E-state index is 0.0421. The maximum Gasteiger partial charge on any atom is 0.272 e. The molecule has 0 aliphatic heterocycles. The van der Waals surface area contributed by atoms with Gasteiger partial charge in [-0.25, -0.2) is 8.57 Å². The molecule has 0 spiro atoms. The first kappa shape index (κ1) is 21.2. The van der Waals surface area contributed by atoms with Crippen LogP contribution in [0.1, 0.15) is 13.8 Å². The highest BCUT2D eigenvalue weighted by atomic mass is 35.5. The molecular weight excluding hydrogens is 394 g/mol. The Kier molecular flexibility index (Phi) is 6.18. The second kappa shape index (κ2) is 7.87. The molecule has 0 saturated heterocycles. The van der Waals surface area contributed by atoms with Crippen LogP contribution in [0.5, 0.6) is 11.5 Å². The fourth-order valence-corrected chi connectivity index (χ4v) is 4.70. The van der Waals surface area contributed by atoms with Crippen LogP contribution in [-0.4, -0.2) is 47.3 Å². The summed E-state index contributed by atoms with van der Waals surface area (Å²) in [5, 5.41) is 13.4. The van der Waals surface area contributed by atoms with E-state index in [-0.39, 0.29) is 39.8 Å². The van der Waals surface area contributed by atoms with Gasteiger partial charge in [-0.1, -0.05) is 11.6 Å². The van der Waals surface area contributed by atoms with Crippen molar-refractivity contribution in [3.05, 3.63) is 37.6 Å². The topological polar surface area (TPSA) is 108 Å². The first-order valence-electron chi connectivity index (χ1n) is 8.13. The van der Waals surface area contributed by atoms with E-state index in [1.54, 1.807) is 32.8 Å². The molecule has 2 atom stereocenters. The Bertz CT molecular complexity index is 1050. The molecule has 10 heteroatoms. The van der Waals surface area contributed by atoms with E-state index in [9.17, 15) is 18.9 Å². The van der Waals surface area contributed by atoms with E-state index in [1.807, 2.05) is 0 Å². The number of phenols is 1. The van der Waals surface area contributed by atoms with Gasteiger partial charge in [-0.3, -0.25) is 14.5 Å². The lowest BCUT2D eigenvalue weighted by atomic mass is 10.2. The van der Waals surface area contributed by atoms with E-state index in [4.69, 9.17) is 16.3 Å². The van der Waals surface area contributed by atoms with E-state index in [2.05, 4.69) is 9.68 Å². The second-order valence-corrected chi connectivity index (χ2v) is 8.83. The van der Waals surface area contributed by atoms with Crippen molar-refractivity contribution in [3.63, 3.8) is 0 Å². The van der Waals surface area contributed by atoms with Crippen LogP contribution in [-0.2, 0) is 9.73 Å². The van der Waals surface area contributed by atoms with Crippen LogP contribution in [0.2, 0.25) is 5.02 Å². The highest BCUT2D eigenvalue weighted by Crippen LogP contribution is 2.39.